The summed E-state index contributed by atoms with van der Waals surface area (Å²) in [4.78, 5) is 1.20. The number of hydrogen-bond acceptors (Lipinski definition) is 0. The summed E-state index contributed by atoms with van der Waals surface area (Å²) in [5.74, 6) is 0. The van der Waals surface area contributed by atoms with Crippen LogP contribution in [0.25, 0.3) is 6.08 Å². The first-order valence-electron chi connectivity index (χ1n) is 5.01. The SMILES string of the molecule is C1=C[CH]([Pd][CH2]C=Cc2ccccc2)C=C1. The van der Waals surface area contributed by atoms with Crippen molar-refractivity contribution in [3.8, 4) is 0 Å². The summed E-state index contributed by atoms with van der Waals surface area (Å²) in [6.07, 6.45) is 13.3. The molecule has 1 aromatic carbocycles. The van der Waals surface area contributed by atoms with Gasteiger partial charge in [-0.25, -0.2) is 0 Å². The molecule has 0 saturated heterocycles. The Morgan fingerprint density at radius 3 is 2.53 bits per heavy atom. The first-order valence-corrected chi connectivity index (χ1v) is 7.01. The normalized spacial score (nSPS) is 15.7. The van der Waals surface area contributed by atoms with E-state index < -0.39 is 0 Å². The van der Waals surface area contributed by atoms with E-state index in [0.29, 0.717) is 4.39 Å². The molecule has 1 aliphatic carbocycles. The predicted molar refractivity (Wildman–Crippen MR) is 62.3 cm³/mol. The fourth-order valence-electron chi connectivity index (χ4n) is 1.34. The van der Waals surface area contributed by atoms with E-state index in [-0.39, 0.29) is 0 Å². The summed E-state index contributed by atoms with van der Waals surface area (Å²) >= 11 is 0.784. The van der Waals surface area contributed by atoms with Crippen molar-refractivity contribution >= 4 is 6.08 Å². The van der Waals surface area contributed by atoms with Crippen molar-refractivity contribution in [2.45, 2.75) is 9.28 Å². The van der Waals surface area contributed by atoms with Gasteiger partial charge in [0.2, 0.25) is 0 Å². The van der Waals surface area contributed by atoms with Gasteiger partial charge in [-0.3, -0.25) is 0 Å². The van der Waals surface area contributed by atoms with Crippen molar-refractivity contribution in [2.24, 2.45) is 0 Å². The molecule has 1 heteroatoms. The zero-order valence-corrected chi connectivity index (χ0v) is 10.0. The molecule has 1 aliphatic rings. The standard InChI is InChI=1S/C9H9.C5H5.Pd/c1-2-6-9-7-4-3-5-8-9;1-2-4-5-3-1;/h2-8H,1H2;1-5H;. The maximum atomic E-state index is 2.28. The molecule has 0 bridgehead atoms. The van der Waals surface area contributed by atoms with Crippen LogP contribution < -0.4 is 0 Å². The van der Waals surface area contributed by atoms with Gasteiger partial charge in [-0.15, -0.1) is 0 Å². The fraction of sp³-hybridized carbons (Fsp3) is 0.143. The van der Waals surface area contributed by atoms with Crippen LogP contribution in [0, 0.1) is 0 Å². The number of hydrogen-bond donors (Lipinski definition) is 0. The predicted octanol–water partition coefficient (Wildman–Crippen LogP) is 4.12. The summed E-state index contributed by atoms with van der Waals surface area (Å²) < 4.78 is 0.708. The van der Waals surface area contributed by atoms with Crippen LogP contribution in [0.5, 0.6) is 0 Å². The molecule has 80 valence electrons. The Morgan fingerprint density at radius 1 is 1.07 bits per heavy atom. The molecule has 0 amide bonds. The van der Waals surface area contributed by atoms with Crippen LogP contribution in [0.1, 0.15) is 5.56 Å². The molecule has 0 aliphatic heterocycles. The molecule has 0 atom stereocenters. The third-order valence-electron chi connectivity index (χ3n) is 2.09. The van der Waals surface area contributed by atoms with Gasteiger partial charge in [-0.1, -0.05) is 0 Å². The molecule has 1 aromatic rings. The zero-order valence-electron chi connectivity index (χ0n) is 8.45. The van der Waals surface area contributed by atoms with Crippen LogP contribution in [0.3, 0.4) is 0 Å². The van der Waals surface area contributed by atoms with E-state index in [0.717, 1.165) is 18.0 Å². The molecule has 0 heterocycles. The van der Waals surface area contributed by atoms with Gasteiger partial charge >= 0.3 is 99.6 Å². The van der Waals surface area contributed by atoms with E-state index in [1.54, 1.807) is 0 Å². The van der Waals surface area contributed by atoms with E-state index in [1.807, 2.05) is 0 Å². The second kappa shape index (κ2) is 5.86. The van der Waals surface area contributed by atoms with E-state index in [2.05, 4.69) is 66.8 Å². The molecule has 15 heavy (non-hydrogen) atoms. The Labute approximate surface area is 99.6 Å². The third kappa shape index (κ3) is 3.63. The molecular weight excluding hydrogens is 275 g/mol. The Kier molecular flexibility index (Phi) is 4.14. The van der Waals surface area contributed by atoms with Crippen LogP contribution >= 0.6 is 0 Å². The Hall–Kier alpha value is -0.898. The minimum absolute atomic E-state index is 0.708. The van der Waals surface area contributed by atoms with Crippen molar-refractivity contribution in [1.29, 1.82) is 0 Å². The van der Waals surface area contributed by atoms with E-state index in [1.165, 1.54) is 10.5 Å². The van der Waals surface area contributed by atoms with Gasteiger partial charge in [-0.05, 0) is 0 Å². The van der Waals surface area contributed by atoms with Crippen molar-refractivity contribution < 1.29 is 18.0 Å². The van der Waals surface area contributed by atoms with Crippen molar-refractivity contribution in [3.63, 3.8) is 0 Å². The van der Waals surface area contributed by atoms with Gasteiger partial charge in [0.15, 0.2) is 0 Å². The fourth-order valence-corrected chi connectivity index (χ4v) is 2.93. The summed E-state index contributed by atoms with van der Waals surface area (Å²) in [5, 5.41) is 0. The summed E-state index contributed by atoms with van der Waals surface area (Å²) in [5.41, 5.74) is 1.30. The number of rotatable bonds is 4. The van der Waals surface area contributed by atoms with Gasteiger partial charge in [0.05, 0.1) is 0 Å². The van der Waals surface area contributed by atoms with Gasteiger partial charge in [-0.2, -0.15) is 0 Å². The van der Waals surface area contributed by atoms with Gasteiger partial charge in [0, 0.05) is 0 Å². The van der Waals surface area contributed by atoms with Crippen LogP contribution in [0.2, 0.25) is 9.28 Å². The minimum atomic E-state index is 0.708. The van der Waals surface area contributed by atoms with Crippen LogP contribution in [0.15, 0.2) is 60.7 Å². The molecule has 0 spiro atoms. The van der Waals surface area contributed by atoms with Gasteiger partial charge in [0.25, 0.3) is 0 Å². The molecule has 0 nitrogen and oxygen atoms in total. The van der Waals surface area contributed by atoms with Crippen LogP contribution in [-0.2, 0) is 18.0 Å². The second-order valence-electron chi connectivity index (χ2n) is 3.24. The molecule has 0 unspecified atom stereocenters. The molecule has 0 N–H and O–H groups in total. The van der Waals surface area contributed by atoms with Gasteiger partial charge < -0.3 is 0 Å². The quantitative estimate of drug-likeness (QED) is 0.731. The number of allylic oxidation sites excluding steroid dienone is 5. The maximum absolute atomic E-state index is 2.28. The first-order chi connectivity index (χ1) is 7.45. The van der Waals surface area contributed by atoms with Crippen LogP contribution in [0.4, 0.5) is 0 Å². The number of benzene rings is 1. The first kappa shape index (κ1) is 10.6. The van der Waals surface area contributed by atoms with E-state index in [4.69, 9.17) is 0 Å². The Bertz CT molecular complexity index is 362. The molecule has 0 saturated carbocycles. The molecule has 0 radical (unpaired) electrons. The third-order valence-corrected chi connectivity index (χ3v) is 4.15. The molecule has 0 fully saturated rings. The summed E-state index contributed by atoms with van der Waals surface area (Å²) in [6.45, 7) is 0. The zero-order chi connectivity index (χ0) is 10.3. The molecule has 2 rings (SSSR count). The monoisotopic (exact) mass is 288 g/mol. The molecular formula is C14H14Pd. The molecule has 0 aromatic heterocycles. The Balaban J connectivity index is 1.76. The average molecular weight is 289 g/mol. The van der Waals surface area contributed by atoms with Crippen LogP contribution in [-0.4, -0.2) is 0 Å². The summed E-state index contributed by atoms with van der Waals surface area (Å²) in [7, 11) is 0. The average Bonchev–Trinajstić information content (AvgIpc) is 2.79. The van der Waals surface area contributed by atoms with Crippen molar-refractivity contribution in [2.75, 3.05) is 0 Å². The second-order valence-corrected chi connectivity index (χ2v) is 5.55. The van der Waals surface area contributed by atoms with Gasteiger partial charge in [0.1, 0.15) is 0 Å². The van der Waals surface area contributed by atoms with Crippen molar-refractivity contribution in [1.82, 2.24) is 0 Å². The van der Waals surface area contributed by atoms with E-state index >= 15 is 0 Å². The topological polar surface area (TPSA) is 0 Å². The van der Waals surface area contributed by atoms with E-state index in [9.17, 15) is 0 Å². The Morgan fingerprint density at radius 2 is 1.80 bits per heavy atom. The summed E-state index contributed by atoms with van der Waals surface area (Å²) in [6, 6.07) is 10.5. The van der Waals surface area contributed by atoms with Crippen molar-refractivity contribution in [3.05, 3.63) is 66.3 Å².